The monoisotopic (exact) mass is 523 g/mol. The molecule has 0 radical (unpaired) electrons. The first-order chi connectivity index (χ1) is 16.2. The Morgan fingerprint density at radius 1 is 1.03 bits per heavy atom. The van der Waals surface area contributed by atoms with Crippen molar-refractivity contribution in [3.8, 4) is 0 Å². The molecule has 0 bridgehead atoms. The number of piperazine rings is 1. The van der Waals surface area contributed by atoms with Crippen LogP contribution in [0.2, 0.25) is 15.1 Å². The molecule has 184 valence electrons. The number of rotatable bonds is 5. The second kappa shape index (κ2) is 10.8. The van der Waals surface area contributed by atoms with Gasteiger partial charge in [0.1, 0.15) is 0 Å². The Kier molecular flexibility index (Phi) is 8.03. The third-order valence-electron chi connectivity index (χ3n) is 7.04. The number of hydrogen-bond acceptors (Lipinski definition) is 4. The van der Waals surface area contributed by atoms with Gasteiger partial charge in [-0.2, -0.15) is 0 Å². The molecule has 2 aliphatic rings. The number of halogens is 3. The lowest BCUT2D eigenvalue weighted by Gasteiger charge is -2.47. The first kappa shape index (κ1) is 25.2. The molecule has 2 heterocycles. The highest BCUT2D eigenvalue weighted by Gasteiger charge is 2.32. The average molecular weight is 525 g/mol. The van der Waals surface area contributed by atoms with E-state index in [1.165, 1.54) is 0 Å². The maximum absolute atomic E-state index is 11.4. The SMILES string of the molecule is C[C@@H]1CN(c2ccc(Cl)c(N[C@H](C)c3ccc(Cl)cc3Cl)c2)CCN1C1CCN(C(N)=O)CC1. The summed E-state index contributed by atoms with van der Waals surface area (Å²) in [5.41, 5.74) is 8.44. The summed E-state index contributed by atoms with van der Waals surface area (Å²) in [6.45, 7) is 8.71. The molecule has 2 amide bonds. The highest BCUT2D eigenvalue weighted by molar-refractivity contribution is 6.35. The number of nitrogens with zero attached hydrogens (tertiary/aromatic N) is 3. The van der Waals surface area contributed by atoms with E-state index < -0.39 is 0 Å². The fraction of sp³-hybridized carbons (Fsp3) is 0.480. The summed E-state index contributed by atoms with van der Waals surface area (Å²) in [7, 11) is 0. The number of piperidine rings is 1. The Bertz CT molecular complexity index is 1030. The number of urea groups is 1. The molecule has 3 N–H and O–H groups in total. The van der Waals surface area contributed by atoms with E-state index in [1.54, 1.807) is 11.0 Å². The van der Waals surface area contributed by atoms with Crippen LogP contribution in [0.5, 0.6) is 0 Å². The second-order valence-electron chi connectivity index (χ2n) is 9.29. The first-order valence-electron chi connectivity index (χ1n) is 11.8. The van der Waals surface area contributed by atoms with Gasteiger partial charge in [-0.25, -0.2) is 4.79 Å². The third kappa shape index (κ3) is 5.68. The van der Waals surface area contributed by atoms with Crippen molar-refractivity contribution in [2.45, 2.75) is 44.8 Å². The maximum atomic E-state index is 11.4. The number of primary amides is 1. The summed E-state index contributed by atoms with van der Waals surface area (Å²) in [5.74, 6) is 0. The molecule has 6 nitrogen and oxygen atoms in total. The number of anilines is 2. The molecule has 2 saturated heterocycles. The first-order valence-corrected chi connectivity index (χ1v) is 12.9. The normalized spacial score (nSPS) is 20.9. The lowest BCUT2D eigenvalue weighted by molar-refractivity contribution is 0.0813. The zero-order valence-electron chi connectivity index (χ0n) is 19.6. The Labute approximate surface area is 216 Å². The van der Waals surface area contributed by atoms with Crippen molar-refractivity contribution in [3.63, 3.8) is 0 Å². The number of amides is 2. The maximum Gasteiger partial charge on any atom is 0.314 e. The molecule has 0 saturated carbocycles. The van der Waals surface area contributed by atoms with E-state index in [1.807, 2.05) is 18.2 Å². The summed E-state index contributed by atoms with van der Waals surface area (Å²) < 4.78 is 0. The van der Waals surface area contributed by atoms with Gasteiger partial charge in [0, 0.05) is 60.5 Å². The number of carbonyl (C=O) groups excluding carboxylic acids is 1. The highest BCUT2D eigenvalue weighted by atomic mass is 35.5. The van der Waals surface area contributed by atoms with Gasteiger partial charge in [0.05, 0.1) is 16.8 Å². The second-order valence-corrected chi connectivity index (χ2v) is 10.5. The third-order valence-corrected chi connectivity index (χ3v) is 7.93. The van der Waals surface area contributed by atoms with Crippen LogP contribution in [0.4, 0.5) is 16.2 Å². The van der Waals surface area contributed by atoms with E-state index in [-0.39, 0.29) is 12.1 Å². The molecule has 2 fully saturated rings. The number of hydrogen-bond donors (Lipinski definition) is 2. The Morgan fingerprint density at radius 3 is 2.41 bits per heavy atom. The Morgan fingerprint density at radius 2 is 1.76 bits per heavy atom. The summed E-state index contributed by atoms with van der Waals surface area (Å²) in [6.07, 6.45) is 1.96. The van der Waals surface area contributed by atoms with Gasteiger partial charge in [-0.3, -0.25) is 4.90 Å². The predicted molar refractivity (Wildman–Crippen MR) is 143 cm³/mol. The van der Waals surface area contributed by atoms with Crippen LogP contribution in [0.1, 0.15) is 38.3 Å². The van der Waals surface area contributed by atoms with E-state index in [9.17, 15) is 4.79 Å². The quantitative estimate of drug-likeness (QED) is 0.513. The fourth-order valence-electron chi connectivity index (χ4n) is 5.15. The van der Waals surface area contributed by atoms with Crippen LogP contribution in [0.3, 0.4) is 0 Å². The van der Waals surface area contributed by atoms with Gasteiger partial charge in [-0.1, -0.05) is 40.9 Å². The van der Waals surface area contributed by atoms with Crippen molar-refractivity contribution in [3.05, 3.63) is 57.0 Å². The van der Waals surface area contributed by atoms with E-state index in [4.69, 9.17) is 40.5 Å². The molecule has 0 unspecified atom stereocenters. The van der Waals surface area contributed by atoms with Crippen molar-refractivity contribution in [1.29, 1.82) is 0 Å². The molecular weight excluding hydrogens is 493 g/mol. The zero-order chi connectivity index (χ0) is 24.4. The molecule has 34 heavy (non-hydrogen) atoms. The molecule has 4 rings (SSSR count). The van der Waals surface area contributed by atoms with Crippen LogP contribution in [0.15, 0.2) is 36.4 Å². The molecule has 2 aliphatic heterocycles. The molecule has 9 heteroatoms. The molecule has 0 aromatic heterocycles. The number of likely N-dealkylation sites (tertiary alicyclic amines) is 1. The van der Waals surface area contributed by atoms with Gasteiger partial charge < -0.3 is 20.9 Å². The zero-order valence-corrected chi connectivity index (χ0v) is 21.9. The van der Waals surface area contributed by atoms with Gasteiger partial charge in [-0.15, -0.1) is 0 Å². The summed E-state index contributed by atoms with van der Waals surface area (Å²) in [5, 5.41) is 5.44. The van der Waals surface area contributed by atoms with Crippen molar-refractivity contribution in [2.75, 3.05) is 42.9 Å². The fourth-order valence-corrected chi connectivity index (χ4v) is 5.90. The van der Waals surface area contributed by atoms with Crippen LogP contribution < -0.4 is 16.0 Å². The minimum absolute atomic E-state index is 0.0282. The Hall–Kier alpha value is -1.86. The molecule has 2 aromatic rings. The van der Waals surface area contributed by atoms with Gasteiger partial charge >= 0.3 is 6.03 Å². The number of nitrogens with two attached hydrogens (primary N) is 1. The molecular formula is C25H32Cl3N5O. The Balaban J connectivity index is 1.40. The summed E-state index contributed by atoms with van der Waals surface area (Å²) in [6, 6.07) is 12.3. The van der Waals surface area contributed by atoms with E-state index in [0.29, 0.717) is 27.2 Å². The van der Waals surface area contributed by atoms with Crippen LogP contribution in [-0.4, -0.2) is 60.6 Å². The van der Waals surface area contributed by atoms with Crippen LogP contribution in [0, 0.1) is 0 Å². The minimum atomic E-state index is -0.309. The largest absolute Gasteiger partial charge is 0.377 e. The molecule has 2 atom stereocenters. The summed E-state index contributed by atoms with van der Waals surface area (Å²) in [4.78, 5) is 18.2. The van der Waals surface area contributed by atoms with Crippen molar-refractivity contribution in [1.82, 2.24) is 9.80 Å². The van der Waals surface area contributed by atoms with Gasteiger partial charge in [0.15, 0.2) is 0 Å². The highest BCUT2D eigenvalue weighted by Crippen LogP contribution is 2.34. The molecule has 0 aliphatic carbocycles. The molecule has 0 spiro atoms. The van der Waals surface area contributed by atoms with E-state index in [2.05, 4.69) is 41.1 Å². The van der Waals surface area contributed by atoms with Gasteiger partial charge in [-0.05, 0) is 62.6 Å². The lowest BCUT2D eigenvalue weighted by Crippen LogP contribution is -2.58. The standard InChI is InChI=1S/C25H32Cl3N5O/c1-16-15-32(11-12-33(16)19-7-9-31(10-8-19)25(29)34)20-4-6-22(27)24(14-20)30-17(2)21-5-3-18(26)13-23(21)28/h3-6,13-14,16-17,19,30H,7-12,15H2,1-2H3,(H2,29,34)/t16-,17-/m1/s1. The van der Waals surface area contributed by atoms with E-state index in [0.717, 1.165) is 62.5 Å². The summed E-state index contributed by atoms with van der Waals surface area (Å²) >= 11 is 19.0. The topological polar surface area (TPSA) is 64.8 Å². The molecule has 2 aromatic carbocycles. The lowest BCUT2D eigenvalue weighted by atomic mass is 9.99. The van der Waals surface area contributed by atoms with Crippen molar-refractivity contribution >= 4 is 52.2 Å². The minimum Gasteiger partial charge on any atom is -0.377 e. The predicted octanol–water partition coefficient (Wildman–Crippen LogP) is 5.87. The number of nitrogens with one attached hydrogen (secondary N) is 1. The van der Waals surface area contributed by atoms with E-state index >= 15 is 0 Å². The van der Waals surface area contributed by atoms with Crippen molar-refractivity contribution in [2.24, 2.45) is 5.73 Å². The van der Waals surface area contributed by atoms with Gasteiger partial charge in [0.2, 0.25) is 0 Å². The van der Waals surface area contributed by atoms with Crippen molar-refractivity contribution < 1.29 is 4.79 Å². The average Bonchev–Trinajstić information content (AvgIpc) is 2.80. The smallest absolute Gasteiger partial charge is 0.314 e. The van der Waals surface area contributed by atoms with Gasteiger partial charge in [0.25, 0.3) is 0 Å². The van der Waals surface area contributed by atoms with Crippen LogP contribution >= 0.6 is 34.8 Å². The van der Waals surface area contributed by atoms with Crippen LogP contribution in [0.25, 0.3) is 0 Å². The number of benzene rings is 2. The number of carbonyl (C=O) groups is 1. The van der Waals surface area contributed by atoms with Crippen LogP contribution in [-0.2, 0) is 0 Å².